The molecule has 3 aromatic rings. The highest BCUT2D eigenvalue weighted by atomic mass is 35.5. The van der Waals surface area contributed by atoms with Crippen molar-refractivity contribution in [2.75, 3.05) is 0 Å². The highest BCUT2D eigenvalue weighted by Gasteiger charge is 2.15. The molecule has 0 bridgehead atoms. The molecule has 0 aliphatic carbocycles. The van der Waals surface area contributed by atoms with Crippen LogP contribution in [0.1, 0.15) is 17.0 Å². The van der Waals surface area contributed by atoms with Gasteiger partial charge in [0.25, 0.3) is 0 Å². The standard InChI is InChI=1S/C17H13Cl2N/c1-2-12(11-6-4-3-5-7-11)14-10-20-17-9-16(19)15(18)8-13(14)17/h2-10,12,20H,1H2/t12-/m0/s1. The van der Waals surface area contributed by atoms with Crippen LogP contribution < -0.4 is 0 Å². The van der Waals surface area contributed by atoms with Gasteiger partial charge in [0.2, 0.25) is 0 Å². The van der Waals surface area contributed by atoms with Crippen molar-refractivity contribution in [3.63, 3.8) is 0 Å². The first-order valence-corrected chi connectivity index (χ1v) is 7.10. The first kappa shape index (κ1) is 13.3. The summed E-state index contributed by atoms with van der Waals surface area (Å²) >= 11 is 12.2. The summed E-state index contributed by atoms with van der Waals surface area (Å²) in [6.07, 6.45) is 3.94. The lowest BCUT2D eigenvalue weighted by molar-refractivity contribution is 1.04. The van der Waals surface area contributed by atoms with Crippen molar-refractivity contribution in [2.24, 2.45) is 0 Å². The minimum absolute atomic E-state index is 0.127. The molecule has 3 heteroatoms. The van der Waals surface area contributed by atoms with Gasteiger partial charge < -0.3 is 4.98 Å². The minimum Gasteiger partial charge on any atom is -0.361 e. The maximum Gasteiger partial charge on any atom is 0.0613 e. The third kappa shape index (κ3) is 2.24. The van der Waals surface area contributed by atoms with E-state index in [1.54, 1.807) is 0 Å². The van der Waals surface area contributed by atoms with Gasteiger partial charge in [-0.3, -0.25) is 0 Å². The highest BCUT2D eigenvalue weighted by molar-refractivity contribution is 6.42. The molecule has 0 saturated heterocycles. The number of rotatable bonds is 3. The topological polar surface area (TPSA) is 15.8 Å². The third-order valence-corrected chi connectivity index (χ3v) is 4.21. The van der Waals surface area contributed by atoms with Crippen molar-refractivity contribution in [3.05, 3.63) is 82.5 Å². The van der Waals surface area contributed by atoms with Gasteiger partial charge in [-0.25, -0.2) is 0 Å². The monoisotopic (exact) mass is 301 g/mol. The van der Waals surface area contributed by atoms with Crippen molar-refractivity contribution in [1.82, 2.24) is 4.98 Å². The second kappa shape index (κ2) is 5.35. The molecular formula is C17H13Cl2N. The lowest BCUT2D eigenvalue weighted by Gasteiger charge is -2.12. The van der Waals surface area contributed by atoms with Crippen molar-refractivity contribution in [1.29, 1.82) is 0 Å². The number of aromatic nitrogens is 1. The van der Waals surface area contributed by atoms with Crippen molar-refractivity contribution in [3.8, 4) is 0 Å². The Labute approximate surface area is 127 Å². The average Bonchev–Trinajstić information content (AvgIpc) is 2.85. The van der Waals surface area contributed by atoms with E-state index in [1.165, 1.54) is 5.56 Å². The predicted octanol–water partition coefficient (Wildman–Crippen LogP) is 5.79. The fourth-order valence-electron chi connectivity index (χ4n) is 2.50. The van der Waals surface area contributed by atoms with Crippen LogP contribution in [0.3, 0.4) is 0 Å². The van der Waals surface area contributed by atoms with E-state index in [1.807, 2.05) is 42.6 Å². The second-order valence-electron chi connectivity index (χ2n) is 4.68. The van der Waals surface area contributed by atoms with Gasteiger partial charge in [-0.15, -0.1) is 6.58 Å². The van der Waals surface area contributed by atoms with Crippen LogP contribution in [0, 0.1) is 0 Å². The van der Waals surface area contributed by atoms with Crippen LogP contribution in [0.5, 0.6) is 0 Å². The molecule has 0 aliphatic rings. The van der Waals surface area contributed by atoms with E-state index >= 15 is 0 Å². The Morgan fingerprint density at radius 2 is 1.75 bits per heavy atom. The number of benzene rings is 2. The number of fused-ring (bicyclic) bond motifs is 1. The quantitative estimate of drug-likeness (QED) is 0.589. The zero-order chi connectivity index (χ0) is 14.1. The predicted molar refractivity (Wildman–Crippen MR) is 86.8 cm³/mol. The minimum atomic E-state index is 0.127. The van der Waals surface area contributed by atoms with Crippen LogP contribution in [0.25, 0.3) is 10.9 Å². The van der Waals surface area contributed by atoms with E-state index in [4.69, 9.17) is 23.2 Å². The Hall–Kier alpha value is -1.70. The SMILES string of the molecule is C=C[C@@H](c1ccccc1)c1c[nH]c2cc(Cl)c(Cl)cc12. The summed E-state index contributed by atoms with van der Waals surface area (Å²) in [7, 11) is 0. The molecule has 0 spiro atoms. The smallest absolute Gasteiger partial charge is 0.0613 e. The van der Waals surface area contributed by atoms with Gasteiger partial charge in [0.15, 0.2) is 0 Å². The molecule has 1 N–H and O–H groups in total. The van der Waals surface area contributed by atoms with E-state index < -0.39 is 0 Å². The fourth-order valence-corrected chi connectivity index (χ4v) is 2.83. The Morgan fingerprint density at radius 3 is 2.45 bits per heavy atom. The lowest BCUT2D eigenvalue weighted by Crippen LogP contribution is -1.96. The maximum atomic E-state index is 6.14. The van der Waals surface area contributed by atoms with Crippen LogP contribution in [-0.2, 0) is 0 Å². The molecule has 0 aliphatic heterocycles. The first-order chi connectivity index (χ1) is 9.70. The second-order valence-corrected chi connectivity index (χ2v) is 5.49. The van der Waals surface area contributed by atoms with Gasteiger partial charge in [-0.2, -0.15) is 0 Å². The van der Waals surface area contributed by atoms with Gasteiger partial charge >= 0.3 is 0 Å². The molecule has 1 atom stereocenters. The number of hydrogen-bond donors (Lipinski definition) is 1. The lowest BCUT2D eigenvalue weighted by atomic mass is 9.91. The third-order valence-electron chi connectivity index (χ3n) is 3.48. The van der Waals surface area contributed by atoms with Crippen LogP contribution in [0.4, 0.5) is 0 Å². The Kier molecular flexibility index (Phi) is 3.56. The van der Waals surface area contributed by atoms with E-state index in [0.29, 0.717) is 10.0 Å². The van der Waals surface area contributed by atoms with Gasteiger partial charge in [0.05, 0.1) is 10.0 Å². The molecular weight excluding hydrogens is 289 g/mol. The normalized spacial score (nSPS) is 12.5. The summed E-state index contributed by atoms with van der Waals surface area (Å²) in [5.74, 6) is 0.127. The Morgan fingerprint density at radius 1 is 1.05 bits per heavy atom. The molecule has 0 unspecified atom stereocenters. The van der Waals surface area contributed by atoms with Crippen LogP contribution in [0.2, 0.25) is 10.0 Å². The van der Waals surface area contributed by atoms with E-state index in [2.05, 4.69) is 23.7 Å². The van der Waals surface area contributed by atoms with Gasteiger partial charge in [-0.05, 0) is 23.3 Å². The van der Waals surface area contributed by atoms with E-state index in [9.17, 15) is 0 Å². The number of halogens is 2. The van der Waals surface area contributed by atoms with Gasteiger partial charge in [0, 0.05) is 23.0 Å². The summed E-state index contributed by atoms with van der Waals surface area (Å²) in [6.45, 7) is 3.97. The fraction of sp³-hybridized carbons (Fsp3) is 0.0588. The Balaban J connectivity index is 2.18. The summed E-state index contributed by atoms with van der Waals surface area (Å²) in [4.78, 5) is 3.25. The summed E-state index contributed by atoms with van der Waals surface area (Å²) in [6, 6.07) is 14.0. The molecule has 1 nitrogen and oxygen atoms in total. The zero-order valence-corrected chi connectivity index (χ0v) is 12.2. The molecule has 0 radical (unpaired) electrons. The largest absolute Gasteiger partial charge is 0.361 e. The zero-order valence-electron chi connectivity index (χ0n) is 10.7. The number of aromatic amines is 1. The molecule has 3 rings (SSSR count). The molecule has 0 fully saturated rings. The Bertz CT molecular complexity index is 759. The van der Waals surface area contributed by atoms with E-state index in [-0.39, 0.29) is 5.92 Å². The number of nitrogens with one attached hydrogen (secondary N) is 1. The van der Waals surface area contributed by atoms with Gasteiger partial charge in [0.1, 0.15) is 0 Å². The highest BCUT2D eigenvalue weighted by Crippen LogP contribution is 2.35. The number of hydrogen-bond acceptors (Lipinski definition) is 0. The number of allylic oxidation sites excluding steroid dienone is 1. The van der Waals surface area contributed by atoms with Crippen molar-refractivity contribution in [2.45, 2.75) is 5.92 Å². The number of H-pyrrole nitrogens is 1. The molecule has 1 heterocycles. The summed E-state index contributed by atoms with van der Waals surface area (Å²) in [5, 5.41) is 2.20. The van der Waals surface area contributed by atoms with Crippen molar-refractivity contribution < 1.29 is 0 Å². The summed E-state index contributed by atoms with van der Waals surface area (Å²) < 4.78 is 0. The molecule has 1 aromatic heterocycles. The molecule has 0 saturated carbocycles. The van der Waals surface area contributed by atoms with Crippen LogP contribution in [0.15, 0.2) is 61.3 Å². The van der Waals surface area contributed by atoms with Crippen LogP contribution in [-0.4, -0.2) is 4.98 Å². The van der Waals surface area contributed by atoms with E-state index in [0.717, 1.165) is 16.5 Å². The molecule has 20 heavy (non-hydrogen) atoms. The van der Waals surface area contributed by atoms with Crippen molar-refractivity contribution >= 4 is 34.1 Å². The van der Waals surface area contributed by atoms with Crippen LogP contribution >= 0.6 is 23.2 Å². The molecule has 0 amide bonds. The molecule has 100 valence electrons. The average molecular weight is 302 g/mol. The summed E-state index contributed by atoms with van der Waals surface area (Å²) in [5.41, 5.74) is 3.34. The molecule has 2 aromatic carbocycles. The maximum absolute atomic E-state index is 6.14. The first-order valence-electron chi connectivity index (χ1n) is 6.34. The van der Waals surface area contributed by atoms with Gasteiger partial charge in [-0.1, -0.05) is 59.6 Å².